The lowest BCUT2D eigenvalue weighted by molar-refractivity contribution is 0.0487. The largest absolute Gasteiger partial charge is 0.376 e. The van der Waals surface area contributed by atoms with Crippen molar-refractivity contribution in [2.45, 2.75) is 44.6 Å². The Hall–Kier alpha value is -1.55. The number of nitrogens with two attached hydrogens (primary N) is 1. The van der Waals surface area contributed by atoms with Crippen molar-refractivity contribution in [1.82, 2.24) is 0 Å². The van der Waals surface area contributed by atoms with Crippen LogP contribution in [0.4, 0.5) is 5.69 Å². The van der Waals surface area contributed by atoms with Crippen LogP contribution in [-0.4, -0.2) is 25.2 Å². The van der Waals surface area contributed by atoms with E-state index in [2.05, 4.69) is 10.3 Å². The Morgan fingerprint density at radius 1 is 1.15 bits per heavy atom. The van der Waals surface area contributed by atoms with Gasteiger partial charge < -0.3 is 15.8 Å². The summed E-state index contributed by atoms with van der Waals surface area (Å²) in [5, 5.41) is 3.06. The van der Waals surface area contributed by atoms with E-state index in [4.69, 9.17) is 10.5 Å². The number of guanidine groups is 1. The smallest absolute Gasteiger partial charge is 0.193 e. The zero-order valence-electron chi connectivity index (χ0n) is 12.1. The van der Waals surface area contributed by atoms with Gasteiger partial charge in [0.25, 0.3) is 0 Å². The molecule has 4 nitrogen and oxygen atoms in total. The Balaban J connectivity index is 1.65. The maximum atomic E-state index is 5.87. The Kier molecular flexibility index (Phi) is 6.38. The SMILES string of the molecule is NC(=NCCOC1CCCCCC1)Nc1ccccc1. The van der Waals surface area contributed by atoms with Crippen molar-refractivity contribution in [3.05, 3.63) is 30.3 Å². The van der Waals surface area contributed by atoms with Crippen LogP contribution in [0, 0.1) is 0 Å². The van der Waals surface area contributed by atoms with Gasteiger partial charge >= 0.3 is 0 Å². The summed E-state index contributed by atoms with van der Waals surface area (Å²) in [6.07, 6.45) is 8.12. The molecule has 0 bridgehead atoms. The van der Waals surface area contributed by atoms with Crippen molar-refractivity contribution < 1.29 is 4.74 Å². The van der Waals surface area contributed by atoms with Crippen molar-refractivity contribution in [2.24, 2.45) is 10.7 Å². The molecule has 1 aromatic rings. The molecular weight excluding hydrogens is 250 g/mol. The molecule has 1 saturated carbocycles. The van der Waals surface area contributed by atoms with Gasteiger partial charge in [0.15, 0.2) is 5.96 Å². The van der Waals surface area contributed by atoms with E-state index in [0.717, 1.165) is 5.69 Å². The molecule has 0 unspecified atom stereocenters. The summed E-state index contributed by atoms with van der Waals surface area (Å²) in [5.74, 6) is 0.445. The molecule has 110 valence electrons. The van der Waals surface area contributed by atoms with E-state index in [9.17, 15) is 0 Å². The minimum absolute atomic E-state index is 0.427. The second kappa shape index (κ2) is 8.59. The van der Waals surface area contributed by atoms with Crippen molar-refractivity contribution in [3.63, 3.8) is 0 Å². The molecule has 0 spiro atoms. The Morgan fingerprint density at radius 3 is 2.55 bits per heavy atom. The van der Waals surface area contributed by atoms with E-state index in [1.807, 2.05) is 30.3 Å². The van der Waals surface area contributed by atoms with Gasteiger partial charge in [-0.2, -0.15) is 0 Å². The highest BCUT2D eigenvalue weighted by atomic mass is 16.5. The third-order valence-electron chi connectivity index (χ3n) is 3.58. The molecule has 0 atom stereocenters. The normalized spacial score (nSPS) is 17.7. The molecule has 2 rings (SSSR count). The lowest BCUT2D eigenvalue weighted by Crippen LogP contribution is -2.23. The highest BCUT2D eigenvalue weighted by molar-refractivity contribution is 5.92. The number of para-hydroxylation sites is 1. The van der Waals surface area contributed by atoms with Gasteiger partial charge in [-0.15, -0.1) is 0 Å². The number of aliphatic imine (C=N–C) groups is 1. The van der Waals surface area contributed by atoms with Crippen LogP contribution in [0.2, 0.25) is 0 Å². The van der Waals surface area contributed by atoms with Gasteiger partial charge in [0.1, 0.15) is 0 Å². The van der Waals surface area contributed by atoms with Crippen molar-refractivity contribution in [2.75, 3.05) is 18.5 Å². The summed E-state index contributed by atoms with van der Waals surface area (Å²) in [6.45, 7) is 1.27. The van der Waals surface area contributed by atoms with Gasteiger partial charge in [0, 0.05) is 5.69 Å². The summed E-state index contributed by atoms with van der Waals surface area (Å²) >= 11 is 0. The van der Waals surface area contributed by atoms with Crippen LogP contribution in [0.1, 0.15) is 38.5 Å². The average molecular weight is 275 g/mol. The minimum atomic E-state index is 0.427. The molecule has 0 aromatic heterocycles. The molecule has 3 N–H and O–H groups in total. The number of benzene rings is 1. The van der Waals surface area contributed by atoms with Crippen LogP contribution in [0.5, 0.6) is 0 Å². The van der Waals surface area contributed by atoms with Crippen LogP contribution >= 0.6 is 0 Å². The fourth-order valence-corrected chi connectivity index (χ4v) is 2.50. The quantitative estimate of drug-likeness (QED) is 0.375. The Labute approximate surface area is 121 Å². The number of nitrogens with one attached hydrogen (secondary N) is 1. The summed E-state index contributed by atoms with van der Waals surface area (Å²) in [4.78, 5) is 4.29. The van der Waals surface area contributed by atoms with Crippen LogP contribution in [0.15, 0.2) is 35.3 Å². The molecule has 0 heterocycles. The monoisotopic (exact) mass is 275 g/mol. The second-order valence-corrected chi connectivity index (χ2v) is 5.24. The molecule has 0 saturated heterocycles. The lowest BCUT2D eigenvalue weighted by atomic mass is 10.1. The second-order valence-electron chi connectivity index (χ2n) is 5.24. The molecule has 20 heavy (non-hydrogen) atoms. The lowest BCUT2D eigenvalue weighted by Gasteiger charge is -2.14. The summed E-state index contributed by atoms with van der Waals surface area (Å²) in [7, 11) is 0. The predicted molar refractivity (Wildman–Crippen MR) is 84.0 cm³/mol. The van der Waals surface area contributed by atoms with E-state index >= 15 is 0 Å². The molecule has 1 aliphatic rings. The van der Waals surface area contributed by atoms with E-state index in [1.165, 1.54) is 38.5 Å². The summed E-state index contributed by atoms with van der Waals surface area (Å²) < 4.78 is 5.87. The molecule has 0 amide bonds. The first kappa shape index (κ1) is 14.9. The zero-order chi connectivity index (χ0) is 14.0. The fourth-order valence-electron chi connectivity index (χ4n) is 2.50. The first-order chi connectivity index (χ1) is 9.84. The highest BCUT2D eigenvalue weighted by Gasteiger charge is 2.11. The predicted octanol–water partition coefficient (Wildman–Crippen LogP) is 3.15. The summed E-state index contributed by atoms with van der Waals surface area (Å²) in [6, 6.07) is 9.82. The van der Waals surface area contributed by atoms with Crippen LogP contribution < -0.4 is 11.1 Å². The maximum absolute atomic E-state index is 5.87. The standard InChI is InChI=1S/C16H25N3O/c17-16(19-14-8-4-3-5-9-14)18-12-13-20-15-10-6-1-2-7-11-15/h3-5,8-9,15H,1-2,6-7,10-13H2,(H3,17,18,19). The Bertz CT molecular complexity index is 397. The van der Waals surface area contributed by atoms with Gasteiger partial charge in [0.2, 0.25) is 0 Å². The van der Waals surface area contributed by atoms with Crippen LogP contribution in [0.25, 0.3) is 0 Å². The van der Waals surface area contributed by atoms with Gasteiger partial charge in [-0.05, 0) is 25.0 Å². The molecule has 1 aromatic carbocycles. The highest BCUT2D eigenvalue weighted by Crippen LogP contribution is 2.19. The van der Waals surface area contributed by atoms with E-state index in [1.54, 1.807) is 0 Å². The van der Waals surface area contributed by atoms with Crippen LogP contribution in [-0.2, 0) is 4.74 Å². The number of hydrogen-bond donors (Lipinski definition) is 2. The van der Waals surface area contributed by atoms with Crippen molar-refractivity contribution in [1.29, 1.82) is 0 Å². The van der Waals surface area contributed by atoms with Crippen molar-refractivity contribution >= 4 is 11.6 Å². The zero-order valence-corrected chi connectivity index (χ0v) is 12.1. The van der Waals surface area contributed by atoms with E-state index in [0.29, 0.717) is 25.2 Å². The van der Waals surface area contributed by atoms with Gasteiger partial charge in [0.05, 0.1) is 19.3 Å². The van der Waals surface area contributed by atoms with Gasteiger partial charge in [-0.25, -0.2) is 0 Å². The number of ether oxygens (including phenoxy) is 1. The third kappa shape index (κ3) is 5.61. The topological polar surface area (TPSA) is 59.6 Å². The van der Waals surface area contributed by atoms with Crippen molar-refractivity contribution in [3.8, 4) is 0 Å². The van der Waals surface area contributed by atoms with E-state index < -0.39 is 0 Å². The van der Waals surface area contributed by atoms with Crippen LogP contribution in [0.3, 0.4) is 0 Å². The third-order valence-corrected chi connectivity index (χ3v) is 3.58. The number of rotatable bonds is 5. The molecule has 1 aliphatic carbocycles. The molecule has 4 heteroatoms. The minimum Gasteiger partial charge on any atom is -0.376 e. The fraction of sp³-hybridized carbons (Fsp3) is 0.562. The van der Waals surface area contributed by atoms with Gasteiger partial charge in [-0.3, -0.25) is 4.99 Å². The Morgan fingerprint density at radius 2 is 1.85 bits per heavy atom. The van der Waals surface area contributed by atoms with E-state index in [-0.39, 0.29) is 0 Å². The van der Waals surface area contributed by atoms with Gasteiger partial charge in [-0.1, -0.05) is 43.9 Å². The number of hydrogen-bond acceptors (Lipinski definition) is 2. The molecule has 1 fully saturated rings. The average Bonchev–Trinajstić information content (AvgIpc) is 2.73. The number of anilines is 1. The maximum Gasteiger partial charge on any atom is 0.193 e. The molecular formula is C16H25N3O. The summed E-state index contributed by atoms with van der Waals surface area (Å²) in [5.41, 5.74) is 6.79. The molecule has 0 aliphatic heterocycles. The first-order valence-electron chi connectivity index (χ1n) is 7.58. The number of nitrogens with zero attached hydrogens (tertiary/aromatic N) is 1. The first-order valence-corrected chi connectivity index (χ1v) is 7.58. The molecule has 0 radical (unpaired) electrons.